The van der Waals surface area contributed by atoms with Crippen molar-refractivity contribution in [3.8, 4) is 0 Å². The molecule has 0 atom stereocenters. The van der Waals surface area contributed by atoms with Gasteiger partial charge in [-0.15, -0.1) is 5.10 Å². The van der Waals surface area contributed by atoms with Gasteiger partial charge in [-0.3, -0.25) is 0 Å². The Morgan fingerprint density at radius 2 is 2.42 bits per heavy atom. The first-order valence-corrected chi connectivity index (χ1v) is 5.18. The first-order chi connectivity index (χ1) is 9.13. The van der Waals surface area contributed by atoms with Crippen molar-refractivity contribution in [1.82, 2.24) is 4.98 Å². The lowest BCUT2D eigenvalue weighted by atomic mass is 10.1. The van der Waals surface area contributed by atoms with E-state index in [1.165, 1.54) is 25.7 Å². The zero-order valence-electron chi connectivity index (χ0n) is 10.3. The van der Waals surface area contributed by atoms with Crippen LogP contribution in [0.3, 0.4) is 0 Å². The molecule has 1 aromatic heterocycles. The summed E-state index contributed by atoms with van der Waals surface area (Å²) in [7, 11) is 1.25. The van der Waals surface area contributed by atoms with Crippen LogP contribution in [0.5, 0.6) is 0 Å². The zero-order chi connectivity index (χ0) is 14.3. The fourth-order valence-corrected chi connectivity index (χ4v) is 1.32. The Kier molecular flexibility index (Phi) is 5.30. The summed E-state index contributed by atoms with van der Waals surface area (Å²) in [6, 6.07) is 1.40. The topological polar surface area (TPSA) is 110 Å². The predicted molar refractivity (Wildman–Crippen MR) is 70.1 cm³/mol. The number of nitrogens with two attached hydrogens (primary N) is 1. The average Bonchev–Trinajstić information content (AvgIpc) is 2.44. The van der Waals surface area contributed by atoms with Crippen LogP contribution in [-0.2, 0) is 16.0 Å². The molecule has 0 aliphatic carbocycles. The Morgan fingerprint density at radius 1 is 1.68 bits per heavy atom. The summed E-state index contributed by atoms with van der Waals surface area (Å²) < 4.78 is 4.64. The lowest BCUT2D eigenvalue weighted by Crippen LogP contribution is -2.30. The van der Waals surface area contributed by atoms with Gasteiger partial charge in [0.1, 0.15) is 18.4 Å². The maximum Gasteiger partial charge on any atom is 0.338 e. The molecular formula is C11H13N5O3. The Bertz CT molecular complexity index is 515. The second-order valence-corrected chi connectivity index (χ2v) is 3.34. The molecule has 0 saturated heterocycles. The highest BCUT2D eigenvalue weighted by atomic mass is 16.5. The number of esters is 1. The first kappa shape index (κ1) is 14.5. The van der Waals surface area contributed by atoms with Crippen molar-refractivity contribution in [1.29, 1.82) is 0 Å². The van der Waals surface area contributed by atoms with Crippen molar-refractivity contribution in [2.45, 2.75) is 6.42 Å². The predicted octanol–water partition coefficient (Wildman–Crippen LogP) is -0.0664. The number of rotatable bonds is 6. The van der Waals surface area contributed by atoms with Gasteiger partial charge in [-0.05, 0) is 11.6 Å². The van der Waals surface area contributed by atoms with Gasteiger partial charge in [0.05, 0.1) is 12.7 Å². The molecule has 2 N–H and O–H groups in total. The van der Waals surface area contributed by atoms with Crippen molar-refractivity contribution in [3.05, 3.63) is 23.4 Å². The van der Waals surface area contributed by atoms with Crippen molar-refractivity contribution in [3.63, 3.8) is 0 Å². The van der Waals surface area contributed by atoms with Gasteiger partial charge in [0.25, 0.3) is 0 Å². The zero-order valence-corrected chi connectivity index (χ0v) is 10.3. The monoisotopic (exact) mass is 263 g/mol. The molecule has 1 rings (SSSR count). The van der Waals surface area contributed by atoms with E-state index < -0.39 is 5.97 Å². The van der Waals surface area contributed by atoms with E-state index in [4.69, 9.17) is 5.84 Å². The van der Waals surface area contributed by atoms with Crippen molar-refractivity contribution in [2.75, 3.05) is 12.1 Å². The summed E-state index contributed by atoms with van der Waals surface area (Å²) in [5.74, 6) is 5.30. The van der Waals surface area contributed by atoms with Crippen LogP contribution in [0, 0.1) is 0 Å². The summed E-state index contributed by atoms with van der Waals surface area (Å²) in [6.07, 6.45) is 3.29. The lowest BCUT2D eigenvalue weighted by Gasteiger charge is -2.13. The third-order valence-corrected chi connectivity index (χ3v) is 2.20. The fraction of sp³-hybridized carbons (Fsp3) is 0.182. The van der Waals surface area contributed by atoms with Crippen molar-refractivity contribution >= 4 is 31.1 Å². The van der Waals surface area contributed by atoms with Crippen LogP contribution < -0.4 is 10.9 Å². The summed E-state index contributed by atoms with van der Waals surface area (Å²) >= 11 is 0. The molecule has 0 fully saturated rings. The normalized spacial score (nSPS) is 10.2. The van der Waals surface area contributed by atoms with Crippen LogP contribution in [0.25, 0.3) is 0 Å². The van der Waals surface area contributed by atoms with E-state index >= 15 is 0 Å². The minimum absolute atomic E-state index is 0.0601. The molecule has 1 aromatic rings. The number of hydrazine groups is 1. The first-order valence-electron chi connectivity index (χ1n) is 5.18. The van der Waals surface area contributed by atoms with E-state index in [1.807, 2.05) is 0 Å². The number of hydrogen-bond donors (Lipinski definition) is 1. The minimum atomic E-state index is -0.576. The molecule has 0 spiro atoms. The number of carbonyl (C=O) groups is 2. The average molecular weight is 263 g/mol. The Balaban J connectivity index is 3.16. The summed E-state index contributed by atoms with van der Waals surface area (Å²) in [6.45, 7) is 3.16. The molecule has 0 saturated carbocycles. The number of carbonyl (C=O) groups excluding carboxylic acids is 2. The maximum absolute atomic E-state index is 11.6. The Labute approximate surface area is 109 Å². The number of pyridine rings is 1. The van der Waals surface area contributed by atoms with Gasteiger partial charge in [0.15, 0.2) is 0 Å². The van der Waals surface area contributed by atoms with E-state index in [-0.39, 0.29) is 17.8 Å². The molecule has 0 radical (unpaired) electrons. The largest absolute Gasteiger partial charge is 0.465 e. The molecule has 0 aromatic carbocycles. The van der Waals surface area contributed by atoms with Gasteiger partial charge in [-0.1, -0.05) is 0 Å². The lowest BCUT2D eigenvalue weighted by molar-refractivity contribution is -0.107. The summed E-state index contributed by atoms with van der Waals surface area (Å²) in [5.41, 5.74) is 0.674. The number of ether oxygens (including phenoxy) is 1. The molecule has 0 unspecified atom stereocenters. The number of hydrogen-bond acceptors (Lipinski definition) is 7. The Hall–Kier alpha value is -2.61. The number of anilines is 1. The quantitative estimate of drug-likeness (QED) is 0.192. The van der Waals surface area contributed by atoms with Gasteiger partial charge >= 0.3 is 5.97 Å². The van der Waals surface area contributed by atoms with Gasteiger partial charge in [0, 0.05) is 19.3 Å². The minimum Gasteiger partial charge on any atom is -0.465 e. The molecule has 1 heterocycles. The van der Waals surface area contributed by atoms with Gasteiger partial charge in [-0.25, -0.2) is 20.6 Å². The van der Waals surface area contributed by atoms with Crippen LogP contribution in [0.15, 0.2) is 22.5 Å². The SMILES string of the molecule is C=N/N=C\N(N)c1cc(C(=O)OC)c(CC=O)cn1. The molecule has 0 bridgehead atoms. The smallest absolute Gasteiger partial charge is 0.338 e. The molecular weight excluding hydrogens is 250 g/mol. The number of methoxy groups -OCH3 is 1. The highest BCUT2D eigenvalue weighted by Crippen LogP contribution is 2.15. The van der Waals surface area contributed by atoms with E-state index in [0.717, 1.165) is 5.01 Å². The molecule has 19 heavy (non-hydrogen) atoms. The molecule has 8 heteroatoms. The van der Waals surface area contributed by atoms with Crippen LogP contribution in [0.1, 0.15) is 15.9 Å². The Morgan fingerprint density at radius 3 is 3.00 bits per heavy atom. The third-order valence-electron chi connectivity index (χ3n) is 2.20. The molecule has 8 nitrogen and oxygen atoms in total. The summed E-state index contributed by atoms with van der Waals surface area (Å²) in [4.78, 5) is 26.2. The molecule has 0 aliphatic rings. The highest BCUT2D eigenvalue weighted by Gasteiger charge is 2.14. The van der Waals surface area contributed by atoms with Crippen molar-refractivity contribution in [2.24, 2.45) is 16.0 Å². The van der Waals surface area contributed by atoms with Gasteiger partial charge < -0.3 is 9.53 Å². The molecule has 0 aliphatic heterocycles. The standard InChI is InChI=1S/C11H13N5O3/c1-13-15-7-16(12)10-5-9(11(18)19-2)8(3-4-17)6-14-10/h4-7H,1,3,12H2,2H3/b15-7-. The van der Waals surface area contributed by atoms with Crippen LogP contribution >= 0.6 is 0 Å². The number of aldehydes is 1. The van der Waals surface area contributed by atoms with E-state index in [1.54, 1.807) is 0 Å². The van der Waals surface area contributed by atoms with Gasteiger partial charge in [0.2, 0.25) is 0 Å². The summed E-state index contributed by atoms with van der Waals surface area (Å²) in [5, 5.41) is 7.79. The highest BCUT2D eigenvalue weighted by molar-refractivity contribution is 5.93. The second kappa shape index (κ2) is 6.97. The van der Waals surface area contributed by atoms with Crippen LogP contribution in [-0.4, -0.2) is 37.4 Å². The van der Waals surface area contributed by atoms with E-state index in [0.29, 0.717) is 11.8 Å². The second-order valence-electron chi connectivity index (χ2n) is 3.34. The fourth-order valence-electron chi connectivity index (χ4n) is 1.32. The maximum atomic E-state index is 11.6. The van der Waals surface area contributed by atoms with E-state index in [9.17, 15) is 9.59 Å². The van der Waals surface area contributed by atoms with Gasteiger partial charge in [-0.2, -0.15) is 5.10 Å². The number of nitrogens with zero attached hydrogens (tertiary/aromatic N) is 4. The van der Waals surface area contributed by atoms with E-state index in [2.05, 4.69) is 26.6 Å². The van der Waals surface area contributed by atoms with Crippen LogP contribution in [0.2, 0.25) is 0 Å². The number of aromatic nitrogens is 1. The van der Waals surface area contributed by atoms with Crippen molar-refractivity contribution < 1.29 is 14.3 Å². The van der Waals surface area contributed by atoms with Crippen LogP contribution in [0.4, 0.5) is 5.82 Å². The third kappa shape index (κ3) is 3.68. The molecule has 100 valence electrons. The molecule has 0 amide bonds.